The van der Waals surface area contributed by atoms with Crippen molar-refractivity contribution in [3.8, 4) is 0 Å². The number of hydrogen-bond donors (Lipinski definition) is 0. The first-order valence-electron chi connectivity index (χ1n) is 7.65. The van der Waals surface area contributed by atoms with Gasteiger partial charge in [-0.1, -0.05) is 0 Å². The highest BCUT2D eigenvalue weighted by Crippen LogP contribution is 2.53. The highest BCUT2D eigenvalue weighted by molar-refractivity contribution is 5.75. The fourth-order valence-corrected chi connectivity index (χ4v) is 4.82. The summed E-state index contributed by atoms with van der Waals surface area (Å²) in [6.07, 6.45) is 5.42. The molecule has 2 aliphatic carbocycles. The summed E-state index contributed by atoms with van der Waals surface area (Å²) in [4.78, 5) is 11.9. The summed E-state index contributed by atoms with van der Waals surface area (Å²) in [5.41, 5.74) is 0. The van der Waals surface area contributed by atoms with E-state index >= 15 is 0 Å². The van der Waals surface area contributed by atoms with Crippen molar-refractivity contribution >= 4 is 5.97 Å². The second kappa shape index (κ2) is 4.19. The summed E-state index contributed by atoms with van der Waals surface area (Å²) in [5.74, 6) is 1.61. The van der Waals surface area contributed by atoms with Gasteiger partial charge in [0.1, 0.15) is 6.10 Å². The zero-order valence-corrected chi connectivity index (χ0v) is 11.5. The minimum atomic E-state index is -0.317. The molecule has 2 saturated carbocycles. The Morgan fingerprint density at radius 2 is 1.95 bits per heavy atom. The van der Waals surface area contributed by atoms with Crippen molar-refractivity contribution in [2.75, 3.05) is 13.2 Å². The predicted octanol–water partition coefficient (Wildman–Crippen LogP) is 2.12. The average molecular weight is 266 g/mol. The van der Waals surface area contributed by atoms with Gasteiger partial charge in [-0.2, -0.15) is 0 Å². The quantitative estimate of drug-likeness (QED) is 0.630. The Labute approximate surface area is 113 Å². The smallest absolute Gasteiger partial charge is 0.309 e. The first-order valence-corrected chi connectivity index (χ1v) is 7.65. The van der Waals surface area contributed by atoms with Crippen LogP contribution in [0.3, 0.4) is 0 Å². The van der Waals surface area contributed by atoms with E-state index in [4.69, 9.17) is 14.2 Å². The zero-order valence-electron chi connectivity index (χ0n) is 11.5. The number of hydrogen-bond acceptors (Lipinski definition) is 4. The number of esters is 1. The lowest BCUT2D eigenvalue weighted by Gasteiger charge is -2.46. The van der Waals surface area contributed by atoms with Gasteiger partial charge in [-0.3, -0.25) is 4.79 Å². The molecule has 106 valence electrons. The Morgan fingerprint density at radius 1 is 1.16 bits per heavy atom. The number of ether oxygens (including phenoxy) is 3. The van der Waals surface area contributed by atoms with E-state index < -0.39 is 0 Å². The van der Waals surface area contributed by atoms with E-state index in [2.05, 4.69) is 6.92 Å². The van der Waals surface area contributed by atoms with Crippen LogP contribution >= 0.6 is 0 Å². The van der Waals surface area contributed by atoms with Gasteiger partial charge in [0.05, 0.1) is 19.1 Å². The molecule has 0 N–H and O–H groups in total. The van der Waals surface area contributed by atoms with Crippen molar-refractivity contribution in [2.45, 2.75) is 50.9 Å². The Morgan fingerprint density at radius 3 is 2.74 bits per heavy atom. The summed E-state index contributed by atoms with van der Waals surface area (Å²) < 4.78 is 17.1. The Hall–Kier alpha value is -0.610. The van der Waals surface area contributed by atoms with E-state index in [1.165, 1.54) is 6.42 Å². The molecule has 4 rings (SSSR count). The van der Waals surface area contributed by atoms with Gasteiger partial charge in [0.2, 0.25) is 0 Å². The van der Waals surface area contributed by atoms with E-state index in [0.29, 0.717) is 11.8 Å². The second-order valence-corrected chi connectivity index (χ2v) is 6.75. The molecule has 4 heteroatoms. The third kappa shape index (κ3) is 1.83. The summed E-state index contributed by atoms with van der Waals surface area (Å²) in [6.45, 7) is 3.50. The average Bonchev–Trinajstić information content (AvgIpc) is 2.95. The Balaban J connectivity index is 1.52. The van der Waals surface area contributed by atoms with Crippen LogP contribution in [-0.2, 0) is 19.0 Å². The van der Waals surface area contributed by atoms with Crippen LogP contribution in [0.2, 0.25) is 0 Å². The molecule has 19 heavy (non-hydrogen) atoms. The van der Waals surface area contributed by atoms with Gasteiger partial charge in [0.25, 0.3) is 0 Å². The molecule has 0 radical (unpaired) electrons. The third-order valence-electron chi connectivity index (χ3n) is 5.81. The molecule has 4 nitrogen and oxygen atoms in total. The van der Waals surface area contributed by atoms with Gasteiger partial charge in [-0.05, 0) is 38.0 Å². The number of carbonyl (C=O) groups is 1. The Kier molecular flexibility index (Phi) is 2.68. The van der Waals surface area contributed by atoms with Crippen molar-refractivity contribution in [1.82, 2.24) is 0 Å². The molecule has 4 fully saturated rings. The molecule has 2 heterocycles. The molecule has 0 bridgehead atoms. The van der Waals surface area contributed by atoms with E-state index in [0.717, 1.165) is 44.8 Å². The lowest BCUT2D eigenvalue weighted by atomic mass is 9.62. The van der Waals surface area contributed by atoms with Gasteiger partial charge < -0.3 is 14.2 Å². The highest BCUT2D eigenvalue weighted by atomic mass is 16.7. The summed E-state index contributed by atoms with van der Waals surface area (Å²) in [7, 11) is 0. The third-order valence-corrected chi connectivity index (χ3v) is 5.81. The van der Waals surface area contributed by atoms with Gasteiger partial charge in [0, 0.05) is 18.8 Å². The van der Waals surface area contributed by atoms with E-state index in [1.54, 1.807) is 0 Å². The molecule has 4 aliphatic rings. The van der Waals surface area contributed by atoms with Crippen LogP contribution in [0.5, 0.6) is 0 Å². The summed E-state index contributed by atoms with van der Waals surface area (Å²) >= 11 is 0. The van der Waals surface area contributed by atoms with Crippen molar-refractivity contribution in [2.24, 2.45) is 23.7 Å². The summed E-state index contributed by atoms with van der Waals surface area (Å²) in [5, 5.41) is 0. The van der Waals surface area contributed by atoms with Crippen molar-refractivity contribution in [3.63, 3.8) is 0 Å². The fraction of sp³-hybridized carbons (Fsp3) is 0.933. The normalized spacial score (nSPS) is 47.8. The zero-order chi connectivity index (χ0) is 13.0. The highest BCUT2D eigenvalue weighted by Gasteiger charge is 2.53. The second-order valence-electron chi connectivity index (χ2n) is 6.75. The number of fused-ring (bicyclic) bond motifs is 2. The molecular weight excluding hydrogens is 244 g/mol. The molecule has 2 aliphatic heterocycles. The molecule has 5 atom stereocenters. The van der Waals surface area contributed by atoms with Crippen LogP contribution in [0.25, 0.3) is 0 Å². The monoisotopic (exact) mass is 266 g/mol. The molecule has 2 saturated heterocycles. The lowest BCUT2D eigenvalue weighted by Crippen LogP contribution is -2.45. The molecule has 0 amide bonds. The van der Waals surface area contributed by atoms with Crippen LogP contribution < -0.4 is 0 Å². The first-order chi connectivity index (χ1) is 9.17. The molecule has 0 aromatic carbocycles. The molecule has 0 aromatic heterocycles. The predicted molar refractivity (Wildman–Crippen MR) is 67.2 cm³/mol. The van der Waals surface area contributed by atoms with Gasteiger partial charge in [-0.15, -0.1) is 0 Å². The van der Waals surface area contributed by atoms with Gasteiger partial charge in [0.15, 0.2) is 5.79 Å². The largest absolute Gasteiger partial charge is 0.462 e. The lowest BCUT2D eigenvalue weighted by molar-refractivity contribution is -0.201. The molecular formula is C15H22O4. The maximum atomic E-state index is 11.9. The van der Waals surface area contributed by atoms with E-state index in [1.807, 2.05) is 0 Å². The molecule has 1 spiro atoms. The van der Waals surface area contributed by atoms with Gasteiger partial charge in [-0.25, -0.2) is 0 Å². The van der Waals surface area contributed by atoms with E-state index in [9.17, 15) is 4.79 Å². The Bertz CT molecular complexity index is 388. The first kappa shape index (κ1) is 12.2. The van der Waals surface area contributed by atoms with Crippen LogP contribution in [0.4, 0.5) is 0 Å². The van der Waals surface area contributed by atoms with Crippen molar-refractivity contribution in [1.29, 1.82) is 0 Å². The summed E-state index contributed by atoms with van der Waals surface area (Å²) in [6, 6.07) is 0. The molecule has 5 unspecified atom stereocenters. The van der Waals surface area contributed by atoms with Gasteiger partial charge >= 0.3 is 5.97 Å². The number of rotatable bonds is 0. The van der Waals surface area contributed by atoms with Crippen molar-refractivity contribution in [3.05, 3.63) is 0 Å². The minimum absolute atomic E-state index is 0.0313. The maximum absolute atomic E-state index is 11.9. The van der Waals surface area contributed by atoms with Crippen LogP contribution in [-0.4, -0.2) is 31.1 Å². The molecule has 0 aromatic rings. The minimum Gasteiger partial charge on any atom is -0.462 e. The fourth-order valence-electron chi connectivity index (χ4n) is 4.82. The van der Waals surface area contributed by atoms with Crippen LogP contribution in [0, 0.1) is 23.7 Å². The van der Waals surface area contributed by atoms with Crippen LogP contribution in [0.1, 0.15) is 39.0 Å². The van der Waals surface area contributed by atoms with E-state index in [-0.39, 0.29) is 23.8 Å². The number of carbonyl (C=O) groups excluding carboxylic acids is 1. The van der Waals surface area contributed by atoms with Crippen molar-refractivity contribution < 1.29 is 19.0 Å². The maximum Gasteiger partial charge on any atom is 0.309 e. The SMILES string of the molecule is CC1OC(=O)C2CC3CC4(CCC3CC12)OCCO4. The number of cyclic esters (lactones) is 1. The topological polar surface area (TPSA) is 44.8 Å². The van der Waals surface area contributed by atoms with Crippen LogP contribution in [0.15, 0.2) is 0 Å². The standard InChI is InChI=1S/C15H22O4/c1-9-12-6-10-2-3-15(17-4-5-18-15)8-11(10)7-13(12)14(16)19-9/h9-13H,2-8H2,1H3.